The van der Waals surface area contributed by atoms with Crippen LogP contribution in [0.3, 0.4) is 0 Å². The average molecular weight is 731 g/mol. The van der Waals surface area contributed by atoms with E-state index in [0.717, 1.165) is 75.7 Å². The van der Waals surface area contributed by atoms with Crippen LogP contribution in [0.4, 0.5) is 5.95 Å². The molecule has 1 saturated heterocycles. The molecule has 12 nitrogen and oxygen atoms in total. The highest BCUT2D eigenvalue weighted by Crippen LogP contribution is 2.41. The Balaban J connectivity index is 1.08. The Kier molecular flexibility index (Phi) is 10.3. The number of aromatic nitrogens is 4. The Morgan fingerprint density at radius 2 is 1.41 bits per heavy atom. The molecule has 2 aliphatic rings. The predicted molar refractivity (Wildman–Crippen MR) is 210 cm³/mol. The van der Waals surface area contributed by atoms with E-state index in [9.17, 15) is 19.2 Å². The van der Waals surface area contributed by atoms with Crippen LogP contribution in [0, 0.1) is 17.8 Å². The maximum absolute atomic E-state index is 13.6. The van der Waals surface area contributed by atoms with Crippen LogP contribution in [0.15, 0.2) is 60.8 Å². The van der Waals surface area contributed by atoms with E-state index in [0.29, 0.717) is 19.0 Å². The van der Waals surface area contributed by atoms with E-state index in [1.54, 1.807) is 5.01 Å². The Bertz CT molecular complexity index is 2220. The SMILES string of the molecule is CC(=O)NC(C(=O)N1CCCN1c1nc2ccc(-c3ccc4cc(-c5cnc(C6CCC[C@H]6C(=O)[C@@H](NC(C)=O)C(C)C)[nH]5)ccc4c3)cc2[nH]1)C(C)C. The molecule has 3 heterocycles. The number of amides is 3. The largest absolute Gasteiger partial charge is 0.346 e. The normalized spacial score (nSPS) is 18.5. The van der Waals surface area contributed by atoms with E-state index in [1.165, 1.54) is 13.8 Å². The molecule has 5 aromatic rings. The lowest BCUT2D eigenvalue weighted by Crippen LogP contribution is -2.54. The number of hydrazine groups is 1. The van der Waals surface area contributed by atoms with Crippen LogP contribution in [-0.2, 0) is 19.2 Å². The van der Waals surface area contributed by atoms with Crippen molar-refractivity contribution in [2.45, 2.75) is 85.2 Å². The van der Waals surface area contributed by atoms with E-state index in [1.807, 2.05) is 45.0 Å². The van der Waals surface area contributed by atoms with Crippen molar-refractivity contribution < 1.29 is 19.2 Å². The van der Waals surface area contributed by atoms with Crippen molar-refractivity contribution in [2.75, 3.05) is 18.1 Å². The minimum atomic E-state index is -0.609. The molecule has 0 spiro atoms. The Morgan fingerprint density at radius 1 is 0.759 bits per heavy atom. The Hall–Kier alpha value is -5.52. The molecule has 12 heteroatoms. The van der Waals surface area contributed by atoms with Crippen LogP contribution in [0.5, 0.6) is 0 Å². The summed E-state index contributed by atoms with van der Waals surface area (Å²) in [5.74, 6) is 0.756. The third kappa shape index (κ3) is 7.34. The van der Waals surface area contributed by atoms with Crippen LogP contribution < -0.4 is 15.6 Å². The summed E-state index contributed by atoms with van der Waals surface area (Å²) in [4.78, 5) is 67.3. The summed E-state index contributed by atoms with van der Waals surface area (Å²) in [6.07, 6.45) is 5.30. The van der Waals surface area contributed by atoms with Gasteiger partial charge in [-0.05, 0) is 77.3 Å². The summed E-state index contributed by atoms with van der Waals surface area (Å²) in [5, 5.41) is 11.5. The monoisotopic (exact) mass is 730 g/mol. The number of H-pyrrole nitrogens is 2. The molecule has 1 saturated carbocycles. The van der Waals surface area contributed by atoms with Gasteiger partial charge in [-0.2, -0.15) is 0 Å². The van der Waals surface area contributed by atoms with Crippen molar-refractivity contribution >= 4 is 51.3 Å². The number of aromatic amines is 2. The number of hydrogen-bond donors (Lipinski definition) is 4. The number of benzene rings is 3. The molecule has 4 atom stereocenters. The van der Waals surface area contributed by atoms with Gasteiger partial charge in [0.25, 0.3) is 5.91 Å². The van der Waals surface area contributed by atoms with E-state index in [-0.39, 0.29) is 47.2 Å². The van der Waals surface area contributed by atoms with E-state index in [2.05, 4.69) is 69.1 Å². The number of Topliss-reactive ketones (excluding diaryl/α,β-unsaturated/α-hetero) is 1. The fourth-order valence-corrected chi connectivity index (χ4v) is 8.16. The summed E-state index contributed by atoms with van der Waals surface area (Å²) in [6.45, 7) is 11.9. The molecule has 0 bridgehead atoms. The third-order valence-electron chi connectivity index (χ3n) is 10.9. The molecule has 4 N–H and O–H groups in total. The van der Waals surface area contributed by atoms with Gasteiger partial charge in [0.15, 0.2) is 5.78 Å². The number of anilines is 1. The van der Waals surface area contributed by atoms with Crippen molar-refractivity contribution in [3.8, 4) is 22.4 Å². The first-order valence-corrected chi connectivity index (χ1v) is 19.1. The van der Waals surface area contributed by atoms with Crippen molar-refractivity contribution in [3.63, 3.8) is 0 Å². The molecule has 2 unspecified atom stereocenters. The minimum absolute atomic E-state index is 0.00313. The van der Waals surface area contributed by atoms with Crippen molar-refractivity contribution in [3.05, 3.63) is 66.6 Å². The fraction of sp³-hybridized carbons (Fsp3) is 0.429. The summed E-state index contributed by atoms with van der Waals surface area (Å²) < 4.78 is 0. The van der Waals surface area contributed by atoms with Gasteiger partial charge < -0.3 is 20.6 Å². The van der Waals surface area contributed by atoms with E-state index < -0.39 is 12.1 Å². The Morgan fingerprint density at radius 3 is 2.11 bits per heavy atom. The second-order valence-corrected chi connectivity index (χ2v) is 15.6. The van der Waals surface area contributed by atoms with Crippen molar-refractivity contribution in [1.29, 1.82) is 0 Å². The first-order chi connectivity index (χ1) is 25.9. The lowest BCUT2D eigenvalue weighted by Gasteiger charge is -2.32. The van der Waals surface area contributed by atoms with Gasteiger partial charge >= 0.3 is 0 Å². The van der Waals surface area contributed by atoms with Gasteiger partial charge in [-0.3, -0.25) is 24.2 Å². The number of hydrogen-bond acceptors (Lipinski definition) is 7. The van der Waals surface area contributed by atoms with Crippen LogP contribution in [-0.4, -0.2) is 73.6 Å². The first-order valence-electron chi connectivity index (χ1n) is 19.1. The molecule has 7 rings (SSSR count). The smallest absolute Gasteiger partial charge is 0.263 e. The summed E-state index contributed by atoms with van der Waals surface area (Å²) >= 11 is 0. The number of nitrogens with one attached hydrogen (secondary N) is 4. The molecule has 1 aliphatic carbocycles. The number of fused-ring (bicyclic) bond motifs is 2. The van der Waals surface area contributed by atoms with Gasteiger partial charge in [-0.1, -0.05) is 64.4 Å². The second kappa shape index (κ2) is 15.1. The van der Waals surface area contributed by atoms with E-state index >= 15 is 0 Å². The molecule has 2 fully saturated rings. The van der Waals surface area contributed by atoms with Gasteiger partial charge in [-0.15, -0.1) is 0 Å². The summed E-state index contributed by atoms with van der Waals surface area (Å²) in [6, 6.07) is 17.8. The molecule has 3 amide bonds. The molecule has 0 radical (unpaired) electrons. The van der Waals surface area contributed by atoms with Gasteiger partial charge in [0.1, 0.15) is 11.9 Å². The topological polar surface area (TPSA) is 156 Å². The van der Waals surface area contributed by atoms with Gasteiger partial charge in [0, 0.05) is 44.3 Å². The average Bonchev–Trinajstić information content (AvgIpc) is 3.97. The highest BCUT2D eigenvalue weighted by Gasteiger charge is 2.40. The molecule has 54 heavy (non-hydrogen) atoms. The van der Waals surface area contributed by atoms with Crippen molar-refractivity contribution in [1.82, 2.24) is 35.6 Å². The van der Waals surface area contributed by atoms with Gasteiger partial charge in [0.2, 0.25) is 17.8 Å². The van der Waals surface area contributed by atoms with Crippen LogP contribution in [0.25, 0.3) is 44.2 Å². The zero-order chi connectivity index (χ0) is 38.3. The summed E-state index contributed by atoms with van der Waals surface area (Å²) in [7, 11) is 0. The molecule has 3 aromatic carbocycles. The maximum atomic E-state index is 13.6. The number of nitrogens with zero attached hydrogens (tertiary/aromatic N) is 4. The zero-order valence-electron chi connectivity index (χ0n) is 31.9. The lowest BCUT2D eigenvalue weighted by atomic mass is 9.84. The minimum Gasteiger partial charge on any atom is -0.346 e. The van der Waals surface area contributed by atoms with Gasteiger partial charge in [0.05, 0.1) is 29.0 Å². The molecular formula is C42H50N8O4. The molecular weight excluding hydrogens is 681 g/mol. The molecule has 282 valence electrons. The van der Waals surface area contributed by atoms with Crippen molar-refractivity contribution in [2.24, 2.45) is 17.8 Å². The molecule has 2 aromatic heterocycles. The first kappa shape index (κ1) is 36.8. The number of carbonyl (C=O) groups is 4. The van der Waals surface area contributed by atoms with Crippen LogP contribution in [0.1, 0.15) is 79.0 Å². The maximum Gasteiger partial charge on any atom is 0.263 e. The number of rotatable bonds is 11. The molecule has 1 aliphatic heterocycles. The Labute approximate surface area is 315 Å². The van der Waals surface area contributed by atoms with Crippen LogP contribution in [0.2, 0.25) is 0 Å². The van der Waals surface area contributed by atoms with Crippen LogP contribution >= 0.6 is 0 Å². The number of imidazole rings is 2. The highest BCUT2D eigenvalue weighted by molar-refractivity contribution is 5.93. The summed E-state index contributed by atoms with van der Waals surface area (Å²) in [5.41, 5.74) is 5.72. The highest BCUT2D eigenvalue weighted by atomic mass is 16.2. The number of ketones is 1. The van der Waals surface area contributed by atoms with Gasteiger partial charge in [-0.25, -0.2) is 15.0 Å². The zero-order valence-corrected chi connectivity index (χ0v) is 31.9. The second-order valence-electron chi connectivity index (χ2n) is 15.6. The predicted octanol–water partition coefficient (Wildman–Crippen LogP) is 6.50. The lowest BCUT2D eigenvalue weighted by molar-refractivity contribution is -0.137. The third-order valence-corrected chi connectivity index (χ3v) is 10.9. The fourth-order valence-electron chi connectivity index (χ4n) is 8.16. The number of carbonyl (C=O) groups excluding carboxylic acids is 4. The standard InChI is InChI=1S/C42H50N8O4/c1-23(2)37(44-25(5)51)39(53)32-9-7-10-33(32)40-43-22-36(46-40)31-14-13-27-19-28(11-12-29(27)20-31)30-15-16-34-35(21-30)48-42(47-34)50-18-8-17-49(50)41(54)38(24(3)4)45-26(6)52/h11-16,19-24,32-33,37-38H,7-10,17-18H2,1-6H3,(H,43,46)(H,44,51)(H,45,52)(H,47,48)/t32-,33?,37+,38?/m1/s1. The quantitative estimate of drug-likeness (QED) is 0.121. The van der Waals surface area contributed by atoms with E-state index in [4.69, 9.17) is 9.97 Å².